The molecule has 0 saturated carbocycles. The van der Waals surface area contributed by atoms with Crippen LogP contribution in [0.3, 0.4) is 0 Å². The average molecular weight is 407 g/mol. The summed E-state index contributed by atoms with van der Waals surface area (Å²) in [6.07, 6.45) is 0. The van der Waals surface area contributed by atoms with Gasteiger partial charge in [0.15, 0.2) is 0 Å². The number of hydrogen-bond acceptors (Lipinski definition) is 5. The number of fused-ring (bicyclic) bond motifs is 1. The molecule has 0 atom stereocenters. The van der Waals surface area contributed by atoms with E-state index in [0.29, 0.717) is 37.0 Å². The average Bonchev–Trinajstić information content (AvgIpc) is 3.12. The normalized spacial score (nSPS) is 16.0. The van der Waals surface area contributed by atoms with Crippen molar-refractivity contribution in [2.45, 2.75) is 4.90 Å². The van der Waals surface area contributed by atoms with Gasteiger partial charge in [0.2, 0.25) is 16.0 Å². The third-order valence-corrected chi connectivity index (χ3v) is 6.81. The number of halogens is 1. The highest BCUT2D eigenvalue weighted by molar-refractivity contribution is 7.89. The lowest BCUT2D eigenvalue weighted by molar-refractivity contribution is 0.373. The van der Waals surface area contributed by atoms with E-state index < -0.39 is 10.0 Å². The second-order valence-electron chi connectivity index (χ2n) is 6.26. The van der Waals surface area contributed by atoms with Crippen molar-refractivity contribution < 1.29 is 13.2 Å². The van der Waals surface area contributed by atoms with Crippen LogP contribution >= 0.6 is 11.6 Å². The van der Waals surface area contributed by atoms with Gasteiger partial charge in [0.1, 0.15) is 10.6 Å². The Labute approximate surface area is 162 Å². The molecular weight excluding hydrogens is 388 g/mol. The molecule has 3 aromatic rings. The number of aromatic amines is 1. The number of imidazole rings is 1. The first-order valence-electron chi connectivity index (χ1n) is 8.52. The first-order chi connectivity index (χ1) is 13.0. The number of anilines is 1. The van der Waals surface area contributed by atoms with Crippen LogP contribution < -0.4 is 9.64 Å². The molecule has 1 aliphatic rings. The summed E-state index contributed by atoms with van der Waals surface area (Å²) in [6, 6.07) is 12.4. The molecule has 9 heteroatoms. The van der Waals surface area contributed by atoms with E-state index in [1.807, 2.05) is 24.3 Å². The number of methoxy groups -OCH3 is 1. The molecule has 0 aliphatic carbocycles. The SMILES string of the molecule is COc1ccc(Cl)cc1S(=O)(=O)N1CCN(c2nc3ccccc3[nH]2)CC1. The van der Waals surface area contributed by atoms with Crippen LogP contribution in [-0.2, 0) is 10.0 Å². The molecule has 142 valence electrons. The standard InChI is InChI=1S/C18H19ClN4O3S/c1-26-16-7-6-13(19)12-17(16)27(24,25)23-10-8-22(9-11-23)18-20-14-4-2-3-5-15(14)21-18/h2-7,12H,8-11H2,1H3,(H,20,21). The van der Waals surface area contributed by atoms with Crippen LogP contribution in [-0.4, -0.2) is 56.0 Å². The van der Waals surface area contributed by atoms with E-state index in [-0.39, 0.29) is 4.90 Å². The third kappa shape index (κ3) is 3.36. The minimum absolute atomic E-state index is 0.0923. The van der Waals surface area contributed by atoms with Crippen LogP contribution in [0.2, 0.25) is 5.02 Å². The fourth-order valence-corrected chi connectivity index (χ4v) is 5.06. The Balaban J connectivity index is 1.54. The summed E-state index contributed by atoms with van der Waals surface area (Å²) in [5.41, 5.74) is 1.86. The van der Waals surface area contributed by atoms with Gasteiger partial charge in [-0.15, -0.1) is 0 Å². The number of nitrogens with zero attached hydrogens (tertiary/aromatic N) is 3. The number of ether oxygens (including phenoxy) is 1. The maximum atomic E-state index is 13.0. The second kappa shape index (κ2) is 7.03. The van der Waals surface area contributed by atoms with E-state index in [4.69, 9.17) is 16.3 Å². The Hall–Kier alpha value is -2.29. The Morgan fingerprint density at radius 2 is 1.85 bits per heavy atom. The fraction of sp³-hybridized carbons (Fsp3) is 0.278. The van der Waals surface area contributed by atoms with Crippen molar-refractivity contribution in [1.82, 2.24) is 14.3 Å². The van der Waals surface area contributed by atoms with Gasteiger partial charge in [-0.2, -0.15) is 4.31 Å². The lowest BCUT2D eigenvalue weighted by atomic mass is 10.3. The summed E-state index contributed by atoms with van der Waals surface area (Å²) in [5.74, 6) is 1.05. The van der Waals surface area contributed by atoms with Crippen molar-refractivity contribution in [3.63, 3.8) is 0 Å². The van der Waals surface area contributed by atoms with Gasteiger partial charge in [0.25, 0.3) is 0 Å². The first kappa shape index (κ1) is 18.1. The number of rotatable bonds is 4. The number of sulfonamides is 1. The van der Waals surface area contributed by atoms with Crippen LogP contribution in [0.15, 0.2) is 47.4 Å². The zero-order valence-electron chi connectivity index (χ0n) is 14.7. The van der Waals surface area contributed by atoms with Gasteiger partial charge in [0, 0.05) is 31.2 Å². The van der Waals surface area contributed by atoms with E-state index in [1.54, 1.807) is 12.1 Å². The Kier molecular flexibility index (Phi) is 4.71. The lowest BCUT2D eigenvalue weighted by Crippen LogP contribution is -2.49. The number of benzene rings is 2. The van der Waals surface area contributed by atoms with Gasteiger partial charge in [-0.25, -0.2) is 13.4 Å². The molecule has 0 amide bonds. The number of piperazine rings is 1. The molecule has 7 nitrogen and oxygen atoms in total. The molecule has 1 N–H and O–H groups in total. The summed E-state index contributed by atoms with van der Waals surface area (Å²) in [6.45, 7) is 1.80. The smallest absolute Gasteiger partial charge is 0.246 e. The molecule has 0 radical (unpaired) electrons. The molecule has 0 spiro atoms. The van der Waals surface area contributed by atoms with E-state index in [1.165, 1.54) is 17.5 Å². The molecule has 1 saturated heterocycles. The Morgan fingerprint density at radius 3 is 2.56 bits per heavy atom. The predicted molar refractivity (Wildman–Crippen MR) is 105 cm³/mol. The topological polar surface area (TPSA) is 78.5 Å². The quantitative estimate of drug-likeness (QED) is 0.720. The number of nitrogens with one attached hydrogen (secondary N) is 1. The molecule has 4 rings (SSSR count). The van der Waals surface area contributed by atoms with Gasteiger partial charge in [-0.1, -0.05) is 23.7 Å². The van der Waals surface area contributed by atoms with E-state index in [2.05, 4.69) is 14.9 Å². The molecule has 1 aromatic heterocycles. The summed E-state index contributed by atoms with van der Waals surface area (Å²) in [5, 5.41) is 0.357. The molecule has 2 heterocycles. The van der Waals surface area contributed by atoms with E-state index in [0.717, 1.165) is 17.0 Å². The van der Waals surface area contributed by atoms with Gasteiger partial charge in [-0.3, -0.25) is 0 Å². The lowest BCUT2D eigenvalue weighted by Gasteiger charge is -2.34. The van der Waals surface area contributed by atoms with Crippen molar-refractivity contribution in [3.8, 4) is 5.75 Å². The van der Waals surface area contributed by atoms with Crippen molar-refractivity contribution in [2.24, 2.45) is 0 Å². The summed E-state index contributed by atoms with van der Waals surface area (Å²) < 4.78 is 32.8. The maximum Gasteiger partial charge on any atom is 0.246 e. The van der Waals surface area contributed by atoms with Gasteiger partial charge in [-0.05, 0) is 30.3 Å². The fourth-order valence-electron chi connectivity index (χ4n) is 3.22. The summed E-state index contributed by atoms with van der Waals surface area (Å²) in [7, 11) is -2.24. The zero-order valence-corrected chi connectivity index (χ0v) is 16.3. The molecule has 1 aliphatic heterocycles. The van der Waals surface area contributed by atoms with Crippen LogP contribution in [0.4, 0.5) is 5.95 Å². The highest BCUT2D eigenvalue weighted by atomic mass is 35.5. The largest absolute Gasteiger partial charge is 0.495 e. The van der Waals surface area contributed by atoms with Crippen LogP contribution in [0, 0.1) is 0 Å². The minimum Gasteiger partial charge on any atom is -0.495 e. The zero-order chi connectivity index (χ0) is 19.0. The number of hydrogen-bond donors (Lipinski definition) is 1. The number of para-hydroxylation sites is 2. The van der Waals surface area contributed by atoms with Crippen molar-refractivity contribution in [1.29, 1.82) is 0 Å². The maximum absolute atomic E-state index is 13.0. The minimum atomic E-state index is -3.69. The van der Waals surface area contributed by atoms with Crippen molar-refractivity contribution in [3.05, 3.63) is 47.5 Å². The molecule has 2 aromatic carbocycles. The third-order valence-electron chi connectivity index (χ3n) is 4.66. The van der Waals surface area contributed by atoms with E-state index in [9.17, 15) is 8.42 Å². The van der Waals surface area contributed by atoms with Crippen molar-refractivity contribution in [2.75, 3.05) is 38.2 Å². The van der Waals surface area contributed by atoms with E-state index >= 15 is 0 Å². The Morgan fingerprint density at radius 1 is 1.11 bits per heavy atom. The van der Waals surface area contributed by atoms with Crippen LogP contribution in [0.1, 0.15) is 0 Å². The first-order valence-corrected chi connectivity index (χ1v) is 10.3. The summed E-state index contributed by atoms with van der Waals surface area (Å²) >= 11 is 6.00. The number of aromatic nitrogens is 2. The van der Waals surface area contributed by atoms with Gasteiger partial charge >= 0.3 is 0 Å². The highest BCUT2D eigenvalue weighted by Crippen LogP contribution is 2.30. The second-order valence-corrected chi connectivity index (χ2v) is 8.61. The van der Waals surface area contributed by atoms with Crippen molar-refractivity contribution >= 4 is 38.6 Å². The Bertz CT molecular complexity index is 1040. The predicted octanol–water partition coefficient (Wildman–Crippen LogP) is 2.74. The molecule has 0 bridgehead atoms. The van der Waals surface area contributed by atoms with Gasteiger partial charge in [0.05, 0.1) is 18.1 Å². The summed E-state index contributed by atoms with van der Waals surface area (Å²) in [4.78, 5) is 10.0. The van der Waals surface area contributed by atoms with Crippen LogP contribution in [0.25, 0.3) is 11.0 Å². The molecular formula is C18H19ClN4O3S. The molecule has 0 unspecified atom stereocenters. The molecule has 1 fully saturated rings. The monoisotopic (exact) mass is 406 g/mol. The van der Waals surface area contributed by atoms with Gasteiger partial charge < -0.3 is 14.6 Å². The highest BCUT2D eigenvalue weighted by Gasteiger charge is 2.31. The molecule has 27 heavy (non-hydrogen) atoms. The van der Waals surface area contributed by atoms with Crippen LogP contribution in [0.5, 0.6) is 5.75 Å². The number of H-pyrrole nitrogens is 1.